The van der Waals surface area contributed by atoms with Crippen LogP contribution in [0.1, 0.15) is 31.9 Å². The standard InChI is InChI=1S/C15H21N5O5S/c16-14-18-11(17-6-3-1-2-4-6)10-12(19-14)20(15(24)26-10)13-9(23)8(22)7(5-21)25-13/h6-9,13,21-23H,1-5H2,(H3,16,17,18,19)/t7-,8-,9-,13-/m1/s1. The highest BCUT2D eigenvalue weighted by molar-refractivity contribution is 7.17. The Bertz CT molecular complexity index is 864. The molecule has 4 rings (SSSR count). The Labute approximate surface area is 152 Å². The molecule has 2 aromatic rings. The summed E-state index contributed by atoms with van der Waals surface area (Å²) in [5, 5.41) is 32.8. The molecule has 1 saturated carbocycles. The normalized spacial score (nSPS) is 29.7. The number of nitrogen functional groups attached to an aromatic ring is 1. The SMILES string of the molecule is Nc1nc(NC2CCCC2)c2sc(=O)n([C@@H]3O[C@H](CO)[C@@H](O)[C@H]3O)c2n1. The van der Waals surface area contributed by atoms with Crippen LogP contribution in [0, 0.1) is 0 Å². The molecule has 26 heavy (non-hydrogen) atoms. The Balaban J connectivity index is 1.78. The first-order chi connectivity index (χ1) is 12.5. The second-order valence-corrected chi connectivity index (χ2v) is 7.64. The lowest BCUT2D eigenvalue weighted by Gasteiger charge is -2.17. The predicted octanol–water partition coefficient (Wildman–Crippen LogP) is -0.599. The van der Waals surface area contributed by atoms with Crippen LogP contribution < -0.4 is 15.9 Å². The molecule has 10 nitrogen and oxygen atoms in total. The number of anilines is 2. The van der Waals surface area contributed by atoms with E-state index in [1.165, 1.54) is 4.57 Å². The van der Waals surface area contributed by atoms with Crippen LogP contribution in [-0.4, -0.2) is 60.8 Å². The second-order valence-electron chi connectivity index (χ2n) is 6.68. The van der Waals surface area contributed by atoms with Crippen molar-refractivity contribution in [1.29, 1.82) is 0 Å². The van der Waals surface area contributed by atoms with Gasteiger partial charge in [0.15, 0.2) is 17.7 Å². The molecule has 0 spiro atoms. The van der Waals surface area contributed by atoms with E-state index >= 15 is 0 Å². The number of fused-ring (bicyclic) bond motifs is 1. The van der Waals surface area contributed by atoms with Crippen LogP contribution in [0.5, 0.6) is 0 Å². The van der Waals surface area contributed by atoms with Gasteiger partial charge in [0.1, 0.15) is 23.0 Å². The molecule has 0 radical (unpaired) electrons. The molecule has 2 aromatic heterocycles. The quantitative estimate of drug-likeness (QED) is 0.465. The van der Waals surface area contributed by atoms with Gasteiger partial charge in [0.2, 0.25) is 5.95 Å². The number of aliphatic hydroxyl groups excluding tert-OH is 3. The minimum atomic E-state index is -1.37. The molecule has 0 unspecified atom stereocenters. The number of thiazole rings is 1. The zero-order chi connectivity index (χ0) is 18.4. The molecule has 1 aliphatic carbocycles. The zero-order valence-electron chi connectivity index (χ0n) is 13.9. The molecule has 2 aliphatic rings. The minimum Gasteiger partial charge on any atom is -0.394 e. The fourth-order valence-electron chi connectivity index (χ4n) is 3.61. The first-order valence-electron chi connectivity index (χ1n) is 8.57. The Hall–Kier alpha value is -1.79. The third kappa shape index (κ3) is 2.85. The topological polar surface area (TPSA) is 156 Å². The van der Waals surface area contributed by atoms with Crippen molar-refractivity contribution in [3.63, 3.8) is 0 Å². The van der Waals surface area contributed by atoms with Gasteiger partial charge in [0, 0.05) is 6.04 Å². The lowest BCUT2D eigenvalue weighted by atomic mass is 10.1. The first-order valence-corrected chi connectivity index (χ1v) is 9.38. The van der Waals surface area contributed by atoms with E-state index in [9.17, 15) is 20.1 Å². The summed E-state index contributed by atoms with van der Waals surface area (Å²) in [5.41, 5.74) is 6.06. The summed E-state index contributed by atoms with van der Waals surface area (Å²) in [4.78, 5) is 20.6. The van der Waals surface area contributed by atoms with Crippen molar-refractivity contribution in [2.24, 2.45) is 0 Å². The fourth-order valence-corrected chi connectivity index (χ4v) is 4.51. The summed E-state index contributed by atoms with van der Waals surface area (Å²) < 4.78 is 7.17. The van der Waals surface area contributed by atoms with E-state index < -0.39 is 36.0 Å². The highest BCUT2D eigenvalue weighted by Gasteiger charge is 2.45. The van der Waals surface area contributed by atoms with Crippen LogP contribution in [0.2, 0.25) is 0 Å². The van der Waals surface area contributed by atoms with Gasteiger partial charge in [-0.05, 0) is 12.8 Å². The van der Waals surface area contributed by atoms with Crippen molar-refractivity contribution in [2.75, 3.05) is 17.7 Å². The largest absolute Gasteiger partial charge is 0.394 e. The van der Waals surface area contributed by atoms with E-state index in [2.05, 4.69) is 15.3 Å². The number of aromatic nitrogens is 3. The maximum absolute atomic E-state index is 12.6. The fraction of sp³-hybridized carbons (Fsp3) is 0.667. The third-order valence-electron chi connectivity index (χ3n) is 4.95. The maximum Gasteiger partial charge on any atom is 0.311 e. The molecule has 11 heteroatoms. The number of nitrogens with two attached hydrogens (primary N) is 1. The Kier molecular flexibility index (Phi) is 4.57. The Morgan fingerprint density at radius 3 is 2.65 bits per heavy atom. The van der Waals surface area contributed by atoms with Gasteiger partial charge < -0.3 is 31.1 Å². The monoisotopic (exact) mass is 383 g/mol. The zero-order valence-corrected chi connectivity index (χ0v) is 14.7. The van der Waals surface area contributed by atoms with E-state index in [1.54, 1.807) is 0 Å². The molecule has 4 atom stereocenters. The number of rotatable bonds is 4. The van der Waals surface area contributed by atoms with Crippen LogP contribution in [0.25, 0.3) is 10.3 Å². The van der Waals surface area contributed by atoms with Gasteiger partial charge in [0.05, 0.1) is 6.61 Å². The van der Waals surface area contributed by atoms with Gasteiger partial charge in [-0.2, -0.15) is 9.97 Å². The summed E-state index contributed by atoms with van der Waals surface area (Å²) in [7, 11) is 0. The van der Waals surface area contributed by atoms with E-state index in [0.29, 0.717) is 10.5 Å². The lowest BCUT2D eigenvalue weighted by Crippen LogP contribution is -2.34. The molecule has 0 bridgehead atoms. The van der Waals surface area contributed by atoms with E-state index in [1.807, 2.05) is 0 Å². The highest BCUT2D eigenvalue weighted by Crippen LogP contribution is 2.34. The molecule has 6 N–H and O–H groups in total. The third-order valence-corrected chi connectivity index (χ3v) is 5.90. The minimum absolute atomic E-state index is 0.00343. The lowest BCUT2D eigenvalue weighted by molar-refractivity contribution is -0.0518. The summed E-state index contributed by atoms with van der Waals surface area (Å²) >= 11 is 0.926. The van der Waals surface area contributed by atoms with Gasteiger partial charge in [-0.15, -0.1) is 0 Å². The summed E-state index contributed by atoms with van der Waals surface area (Å²) in [6.07, 6.45) is -0.482. The molecule has 3 heterocycles. The molecule has 0 amide bonds. The average Bonchev–Trinajstić information content (AvgIpc) is 3.29. The number of nitrogens with one attached hydrogen (secondary N) is 1. The number of hydrogen-bond acceptors (Lipinski definition) is 10. The molecule has 142 valence electrons. The van der Waals surface area contributed by atoms with Crippen molar-refractivity contribution in [3.8, 4) is 0 Å². The van der Waals surface area contributed by atoms with Gasteiger partial charge in [-0.3, -0.25) is 9.36 Å². The number of aliphatic hydroxyl groups is 3. The summed E-state index contributed by atoms with van der Waals surface area (Å²) in [5.74, 6) is 0.489. The van der Waals surface area contributed by atoms with Crippen molar-refractivity contribution < 1.29 is 20.1 Å². The van der Waals surface area contributed by atoms with Crippen molar-refractivity contribution in [1.82, 2.24) is 14.5 Å². The van der Waals surface area contributed by atoms with E-state index in [4.69, 9.17) is 10.5 Å². The van der Waals surface area contributed by atoms with Crippen LogP contribution in [0.4, 0.5) is 11.8 Å². The average molecular weight is 383 g/mol. The first kappa shape index (κ1) is 17.6. The number of hydrogen-bond donors (Lipinski definition) is 5. The van der Waals surface area contributed by atoms with Gasteiger partial charge in [-0.1, -0.05) is 24.2 Å². The smallest absolute Gasteiger partial charge is 0.311 e. The molecule has 1 aliphatic heterocycles. The molecular weight excluding hydrogens is 362 g/mol. The van der Waals surface area contributed by atoms with Crippen LogP contribution in [0.3, 0.4) is 0 Å². The summed E-state index contributed by atoms with van der Waals surface area (Å²) in [6.45, 7) is -0.475. The van der Waals surface area contributed by atoms with Crippen molar-refractivity contribution in [3.05, 3.63) is 9.67 Å². The van der Waals surface area contributed by atoms with Crippen molar-refractivity contribution >= 4 is 33.5 Å². The number of nitrogens with zero attached hydrogens (tertiary/aromatic N) is 3. The summed E-state index contributed by atoms with van der Waals surface area (Å²) in [6, 6.07) is 0.270. The second kappa shape index (κ2) is 6.74. The van der Waals surface area contributed by atoms with Gasteiger partial charge >= 0.3 is 4.87 Å². The Morgan fingerprint density at radius 2 is 2.00 bits per heavy atom. The maximum atomic E-state index is 12.6. The molecule has 0 aromatic carbocycles. The van der Waals surface area contributed by atoms with Crippen LogP contribution in [0.15, 0.2) is 4.79 Å². The van der Waals surface area contributed by atoms with E-state index in [0.717, 1.165) is 37.0 Å². The highest BCUT2D eigenvalue weighted by atomic mass is 32.1. The van der Waals surface area contributed by atoms with Gasteiger partial charge in [-0.25, -0.2) is 0 Å². The molecule has 1 saturated heterocycles. The van der Waals surface area contributed by atoms with Crippen LogP contribution in [-0.2, 0) is 4.74 Å². The van der Waals surface area contributed by atoms with Crippen molar-refractivity contribution in [2.45, 2.75) is 56.3 Å². The van der Waals surface area contributed by atoms with E-state index in [-0.39, 0.29) is 17.6 Å². The predicted molar refractivity (Wildman–Crippen MR) is 95.0 cm³/mol. The van der Waals surface area contributed by atoms with Gasteiger partial charge in [0.25, 0.3) is 0 Å². The molecular formula is C15H21N5O5S. The Morgan fingerprint density at radius 1 is 1.27 bits per heavy atom. The van der Waals surface area contributed by atoms with Crippen LogP contribution >= 0.6 is 11.3 Å². The number of ether oxygens (including phenoxy) is 1. The molecule has 2 fully saturated rings.